The van der Waals surface area contributed by atoms with Crippen molar-refractivity contribution < 1.29 is 23.8 Å². The maximum Gasteiger partial charge on any atom is 0.339 e. The van der Waals surface area contributed by atoms with Crippen LogP contribution in [0.2, 0.25) is 0 Å². The van der Waals surface area contributed by atoms with Crippen LogP contribution in [0.4, 0.5) is 4.79 Å². The summed E-state index contributed by atoms with van der Waals surface area (Å²) in [5.74, 6) is -0.276. The maximum absolute atomic E-state index is 11.9. The molecule has 0 aliphatic carbocycles. The van der Waals surface area contributed by atoms with Gasteiger partial charge in [0, 0.05) is 13.1 Å². The first-order valence-electron chi connectivity index (χ1n) is 6.44. The fourth-order valence-corrected chi connectivity index (χ4v) is 2.12. The Morgan fingerprint density at radius 1 is 1.55 bits per heavy atom. The van der Waals surface area contributed by atoms with Gasteiger partial charge >= 0.3 is 12.0 Å². The molecule has 2 amide bonds. The van der Waals surface area contributed by atoms with E-state index in [0.29, 0.717) is 31.2 Å². The van der Waals surface area contributed by atoms with Gasteiger partial charge in [-0.05, 0) is 19.9 Å². The van der Waals surface area contributed by atoms with E-state index in [0.717, 1.165) is 0 Å². The number of nitrogens with one attached hydrogen (secondary N) is 1. The molecule has 2 rings (SSSR count). The molecule has 110 valence electrons. The molecule has 1 aliphatic rings. The lowest BCUT2D eigenvalue weighted by atomic mass is 10.2. The minimum Gasteiger partial charge on any atom is -0.478 e. The number of carboxylic acid groups (broad SMARTS) is 1. The second-order valence-electron chi connectivity index (χ2n) is 4.77. The third kappa shape index (κ3) is 3.30. The van der Waals surface area contributed by atoms with Gasteiger partial charge in [0.2, 0.25) is 0 Å². The largest absolute Gasteiger partial charge is 0.478 e. The van der Waals surface area contributed by atoms with Crippen molar-refractivity contribution in [2.75, 3.05) is 19.7 Å². The highest BCUT2D eigenvalue weighted by Gasteiger charge is 2.21. The van der Waals surface area contributed by atoms with Gasteiger partial charge in [-0.3, -0.25) is 0 Å². The van der Waals surface area contributed by atoms with Gasteiger partial charge in [0.1, 0.15) is 17.1 Å². The lowest BCUT2D eigenvalue weighted by molar-refractivity contribution is -0.00357. The number of hydrogen-bond donors (Lipinski definition) is 2. The predicted molar refractivity (Wildman–Crippen MR) is 69.6 cm³/mol. The summed E-state index contributed by atoms with van der Waals surface area (Å²) in [5.41, 5.74) is 0.120. The number of carboxylic acids is 1. The zero-order valence-corrected chi connectivity index (χ0v) is 11.5. The van der Waals surface area contributed by atoms with Crippen molar-refractivity contribution in [2.24, 2.45) is 0 Å². The Kier molecular flexibility index (Phi) is 4.29. The zero-order chi connectivity index (χ0) is 14.7. The molecule has 2 N–H and O–H groups in total. The number of carbonyl (C=O) groups excluding carboxylic acids is 1. The standard InChI is InChI=1S/C13H18N2O5/c1-8-7-15(3-4-19-8)13(18)14-6-10-5-11(12(16)17)9(2)20-10/h5,8H,3-4,6-7H2,1-2H3,(H,14,18)(H,16,17). The van der Waals surface area contributed by atoms with Crippen molar-refractivity contribution in [3.63, 3.8) is 0 Å². The van der Waals surface area contributed by atoms with Gasteiger partial charge in [0.25, 0.3) is 0 Å². The number of carbonyl (C=O) groups is 2. The first kappa shape index (κ1) is 14.4. The number of aromatic carboxylic acids is 1. The number of urea groups is 1. The molecular weight excluding hydrogens is 264 g/mol. The molecule has 0 bridgehead atoms. The lowest BCUT2D eigenvalue weighted by Gasteiger charge is -2.31. The molecule has 7 nitrogen and oxygen atoms in total. The summed E-state index contributed by atoms with van der Waals surface area (Å²) in [6.07, 6.45) is 0.0268. The molecule has 1 fully saturated rings. The lowest BCUT2D eigenvalue weighted by Crippen LogP contribution is -2.48. The summed E-state index contributed by atoms with van der Waals surface area (Å²) in [6.45, 7) is 5.28. The van der Waals surface area contributed by atoms with Crippen molar-refractivity contribution in [3.8, 4) is 0 Å². The van der Waals surface area contributed by atoms with Crippen molar-refractivity contribution in [2.45, 2.75) is 26.5 Å². The van der Waals surface area contributed by atoms with Crippen molar-refractivity contribution in [3.05, 3.63) is 23.2 Å². The highest BCUT2D eigenvalue weighted by molar-refractivity contribution is 5.88. The van der Waals surface area contributed by atoms with Crippen molar-refractivity contribution >= 4 is 12.0 Å². The molecule has 1 unspecified atom stereocenters. The number of hydrogen-bond acceptors (Lipinski definition) is 4. The SMILES string of the molecule is Cc1oc(CNC(=O)N2CCOC(C)C2)cc1C(=O)O. The molecular formula is C13H18N2O5. The van der Waals surface area contributed by atoms with Gasteiger partial charge in [-0.15, -0.1) is 0 Å². The molecule has 2 heterocycles. The second kappa shape index (κ2) is 5.96. The molecule has 0 radical (unpaired) electrons. The van der Waals surface area contributed by atoms with Gasteiger partial charge in [-0.1, -0.05) is 0 Å². The third-order valence-corrected chi connectivity index (χ3v) is 3.14. The fourth-order valence-electron chi connectivity index (χ4n) is 2.12. The van der Waals surface area contributed by atoms with E-state index >= 15 is 0 Å². The summed E-state index contributed by atoms with van der Waals surface area (Å²) < 4.78 is 10.7. The third-order valence-electron chi connectivity index (χ3n) is 3.14. The first-order valence-corrected chi connectivity index (χ1v) is 6.44. The number of morpholine rings is 1. The highest BCUT2D eigenvalue weighted by atomic mass is 16.5. The van der Waals surface area contributed by atoms with E-state index in [1.165, 1.54) is 6.07 Å². The topological polar surface area (TPSA) is 92.0 Å². The van der Waals surface area contributed by atoms with Crippen molar-refractivity contribution in [1.29, 1.82) is 0 Å². The Balaban J connectivity index is 1.90. The van der Waals surface area contributed by atoms with E-state index in [2.05, 4.69) is 5.32 Å². The van der Waals surface area contributed by atoms with Crippen LogP contribution in [0.5, 0.6) is 0 Å². The summed E-state index contributed by atoms with van der Waals surface area (Å²) in [4.78, 5) is 24.5. The summed E-state index contributed by atoms with van der Waals surface area (Å²) >= 11 is 0. The molecule has 1 atom stereocenters. The van der Waals surface area contributed by atoms with Crippen LogP contribution >= 0.6 is 0 Å². The van der Waals surface area contributed by atoms with E-state index in [-0.39, 0.29) is 24.2 Å². The second-order valence-corrected chi connectivity index (χ2v) is 4.77. The number of furan rings is 1. The molecule has 0 spiro atoms. The quantitative estimate of drug-likeness (QED) is 0.869. The first-order chi connectivity index (χ1) is 9.47. The maximum atomic E-state index is 11.9. The van der Waals surface area contributed by atoms with Gasteiger partial charge in [-0.25, -0.2) is 9.59 Å². The van der Waals surface area contributed by atoms with Crippen LogP contribution in [0.3, 0.4) is 0 Å². The van der Waals surface area contributed by atoms with E-state index < -0.39 is 5.97 Å². The smallest absolute Gasteiger partial charge is 0.339 e. The average molecular weight is 282 g/mol. The Labute approximate surface area is 116 Å². The van der Waals surface area contributed by atoms with E-state index in [9.17, 15) is 9.59 Å². The summed E-state index contributed by atoms with van der Waals surface area (Å²) in [7, 11) is 0. The monoisotopic (exact) mass is 282 g/mol. The van der Waals surface area contributed by atoms with Crippen LogP contribution < -0.4 is 5.32 Å². The Hall–Kier alpha value is -2.02. The predicted octanol–water partition coefficient (Wildman–Crippen LogP) is 1.22. The van der Waals surface area contributed by atoms with Crippen LogP contribution in [0, 0.1) is 6.92 Å². The number of rotatable bonds is 3. The van der Waals surface area contributed by atoms with E-state index in [1.54, 1.807) is 11.8 Å². The minimum atomic E-state index is -1.04. The van der Waals surface area contributed by atoms with Gasteiger partial charge in [0.15, 0.2) is 0 Å². The van der Waals surface area contributed by atoms with Crippen LogP contribution in [0.1, 0.15) is 28.8 Å². The Morgan fingerprint density at radius 2 is 2.30 bits per heavy atom. The average Bonchev–Trinajstić information content (AvgIpc) is 2.77. The summed E-state index contributed by atoms with van der Waals surface area (Å²) in [5, 5.41) is 11.6. The number of aryl methyl sites for hydroxylation is 1. The van der Waals surface area contributed by atoms with Gasteiger partial charge < -0.3 is 24.5 Å². The normalized spacial score (nSPS) is 18.9. The highest BCUT2D eigenvalue weighted by Crippen LogP contribution is 2.14. The molecule has 0 saturated carbocycles. The Morgan fingerprint density at radius 3 is 2.90 bits per heavy atom. The van der Waals surface area contributed by atoms with E-state index in [4.69, 9.17) is 14.3 Å². The minimum absolute atomic E-state index is 0.0268. The number of amides is 2. The summed E-state index contributed by atoms with van der Waals surface area (Å²) in [6, 6.07) is 1.23. The van der Waals surface area contributed by atoms with Crippen LogP contribution in [-0.4, -0.2) is 47.8 Å². The molecule has 20 heavy (non-hydrogen) atoms. The number of ether oxygens (including phenoxy) is 1. The van der Waals surface area contributed by atoms with E-state index in [1.807, 2.05) is 6.92 Å². The molecule has 1 aliphatic heterocycles. The van der Waals surface area contributed by atoms with Crippen LogP contribution in [0.25, 0.3) is 0 Å². The Bertz CT molecular complexity index is 511. The van der Waals surface area contributed by atoms with Crippen LogP contribution in [-0.2, 0) is 11.3 Å². The molecule has 1 aromatic heterocycles. The molecule has 1 saturated heterocycles. The van der Waals surface area contributed by atoms with Crippen molar-refractivity contribution in [1.82, 2.24) is 10.2 Å². The van der Waals surface area contributed by atoms with Gasteiger partial charge in [-0.2, -0.15) is 0 Å². The molecule has 7 heteroatoms. The zero-order valence-electron chi connectivity index (χ0n) is 11.5. The van der Waals surface area contributed by atoms with Crippen LogP contribution in [0.15, 0.2) is 10.5 Å². The van der Waals surface area contributed by atoms with Gasteiger partial charge in [0.05, 0.1) is 19.3 Å². The molecule has 0 aromatic carbocycles. The fraction of sp³-hybridized carbons (Fsp3) is 0.538. The number of nitrogens with zero attached hydrogens (tertiary/aromatic N) is 1. The molecule has 1 aromatic rings.